The third-order valence-electron chi connectivity index (χ3n) is 4.01. The highest BCUT2D eigenvalue weighted by molar-refractivity contribution is 7.13. The van der Waals surface area contributed by atoms with Crippen molar-refractivity contribution in [1.29, 1.82) is 0 Å². The van der Waals surface area contributed by atoms with Gasteiger partial charge in [0, 0.05) is 37.4 Å². The Morgan fingerprint density at radius 1 is 1.46 bits per heavy atom. The van der Waals surface area contributed by atoms with Gasteiger partial charge in [0.1, 0.15) is 10.7 Å². The van der Waals surface area contributed by atoms with E-state index in [4.69, 9.17) is 9.84 Å². The Balaban J connectivity index is 1.75. The van der Waals surface area contributed by atoms with Crippen molar-refractivity contribution in [2.24, 2.45) is 7.05 Å². The summed E-state index contributed by atoms with van der Waals surface area (Å²) in [5, 5.41) is 18.5. The van der Waals surface area contributed by atoms with Crippen molar-refractivity contribution in [2.75, 3.05) is 13.2 Å². The number of aryl methyl sites for hydroxylation is 1. The molecule has 1 fully saturated rings. The minimum absolute atomic E-state index is 0.123. The number of rotatable bonds is 5. The number of hydrogen-bond donors (Lipinski definition) is 2. The van der Waals surface area contributed by atoms with Crippen molar-refractivity contribution in [3.05, 3.63) is 23.5 Å². The van der Waals surface area contributed by atoms with Gasteiger partial charge >= 0.3 is 5.97 Å². The minimum atomic E-state index is -0.938. The molecule has 0 aromatic carbocycles. The lowest BCUT2D eigenvalue weighted by atomic mass is 9.86. The fourth-order valence-electron chi connectivity index (χ4n) is 2.74. The number of nitrogens with one attached hydrogen (secondary N) is 1. The van der Waals surface area contributed by atoms with E-state index in [9.17, 15) is 9.59 Å². The molecule has 2 N–H and O–H groups in total. The van der Waals surface area contributed by atoms with Crippen LogP contribution in [0.15, 0.2) is 17.8 Å². The maximum absolute atomic E-state index is 12.5. The summed E-state index contributed by atoms with van der Waals surface area (Å²) in [5.41, 5.74) is 0.349. The second-order valence-corrected chi connectivity index (χ2v) is 6.72. The second kappa shape index (κ2) is 6.70. The number of carbonyl (C=O) groups excluding carboxylic acids is 1. The van der Waals surface area contributed by atoms with Gasteiger partial charge in [0.15, 0.2) is 0 Å². The lowest BCUT2D eigenvalue weighted by Gasteiger charge is -2.36. The van der Waals surface area contributed by atoms with Gasteiger partial charge in [0.2, 0.25) is 0 Å². The molecule has 2 aromatic heterocycles. The Morgan fingerprint density at radius 2 is 2.21 bits per heavy atom. The molecule has 2 aromatic rings. The largest absolute Gasteiger partial charge is 0.481 e. The maximum Gasteiger partial charge on any atom is 0.305 e. The van der Waals surface area contributed by atoms with Crippen LogP contribution in [0.3, 0.4) is 0 Å². The van der Waals surface area contributed by atoms with Gasteiger partial charge in [0.05, 0.1) is 18.2 Å². The summed E-state index contributed by atoms with van der Waals surface area (Å²) in [6, 6.07) is 0. The molecular formula is C15H18N4O4S. The summed E-state index contributed by atoms with van der Waals surface area (Å²) in [7, 11) is 1.81. The van der Waals surface area contributed by atoms with Crippen LogP contribution in [0.5, 0.6) is 0 Å². The highest BCUT2D eigenvalue weighted by Crippen LogP contribution is 2.27. The van der Waals surface area contributed by atoms with Crippen molar-refractivity contribution in [3.63, 3.8) is 0 Å². The van der Waals surface area contributed by atoms with Gasteiger partial charge in [-0.25, -0.2) is 4.98 Å². The van der Waals surface area contributed by atoms with Crippen molar-refractivity contribution in [1.82, 2.24) is 20.1 Å². The van der Waals surface area contributed by atoms with Crippen LogP contribution in [0.25, 0.3) is 10.6 Å². The molecule has 0 radical (unpaired) electrons. The zero-order valence-corrected chi connectivity index (χ0v) is 14.0. The molecule has 1 saturated heterocycles. The van der Waals surface area contributed by atoms with Crippen molar-refractivity contribution in [3.8, 4) is 10.6 Å². The average Bonchev–Trinajstić information content (AvgIpc) is 3.15. The van der Waals surface area contributed by atoms with E-state index >= 15 is 0 Å². The molecule has 1 amide bonds. The van der Waals surface area contributed by atoms with Gasteiger partial charge in [0.25, 0.3) is 5.91 Å². The molecule has 3 heterocycles. The SMILES string of the molecule is Cn1cc(-c2nc(C(=O)NC3(CC(=O)O)CCOCC3)cs2)cn1. The zero-order chi connectivity index (χ0) is 17.2. The summed E-state index contributed by atoms with van der Waals surface area (Å²) in [6.07, 6.45) is 4.34. The van der Waals surface area contributed by atoms with Crippen LogP contribution in [-0.4, -0.2) is 50.5 Å². The molecule has 0 bridgehead atoms. The molecule has 0 spiro atoms. The highest BCUT2D eigenvalue weighted by Gasteiger charge is 2.37. The zero-order valence-electron chi connectivity index (χ0n) is 13.2. The molecule has 8 nitrogen and oxygen atoms in total. The first-order valence-electron chi connectivity index (χ1n) is 7.54. The van der Waals surface area contributed by atoms with E-state index < -0.39 is 11.5 Å². The summed E-state index contributed by atoms with van der Waals surface area (Å²) in [5.74, 6) is -1.30. The topological polar surface area (TPSA) is 106 Å². The number of aromatic nitrogens is 3. The van der Waals surface area contributed by atoms with Crippen LogP contribution < -0.4 is 5.32 Å². The molecule has 0 unspecified atom stereocenters. The maximum atomic E-state index is 12.5. The quantitative estimate of drug-likeness (QED) is 0.842. The smallest absolute Gasteiger partial charge is 0.305 e. The molecule has 1 aliphatic rings. The summed E-state index contributed by atoms with van der Waals surface area (Å²) >= 11 is 1.35. The van der Waals surface area contributed by atoms with E-state index in [0.29, 0.717) is 31.1 Å². The minimum Gasteiger partial charge on any atom is -0.481 e. The average molecular weight is 350 g/mol. The predicted octanol–water partition coefficient (Wildman–Crippen LogP) is 1.30. The molecule has 3 rings (SSSR count). The van der Waals surface area contributed by atoms with Crippen molar-refractivity contribution in [2.45, 2.75) is 24.8 Å². The molecule has 128 valence electrons. The third kappa shape index (κ3) is 3.62. The standard InChI is InChI=1S/C15H18N4O4S/c1-19-8-10(7-16-19)14-17-11(9-24-14)13(22)18-15(6-12(20)21)2-4-23-5-3-15/h7-9H,2-6H2,1H3,(H,18,22)(H,20,21). The van der Waals surface area contributed by atoms with Gasteiger partial charge in [-0.05, 0) is 12.8 Å². The van der Waals surface area contributed by atoms with Crippen LogP contribution in [0.4, 0.5) is 0 Å². The van der Waals surface area contributed by atoms with Gasteiger partial charge in [-0.15, -0.1) is 11.3 Å². The Morgan fingerprint density at radius 3 is 2.83 bits per heavy atom. The number of carboxylic acids is 1. The van der Waals surface area contributed by atoms with Crippen LogP contribution in [0.1, 0.15) is 29.8 Å². The molecule has 9 heteroatoms. The van der Waals surface area contributed by atoms with Crippen LogP contribution in [0.2, 0.25) is 0 Å². The van der Waals surface area contributed by atoms with Gasteiger partial charge < -0.3 is 15.2 Å². The van der Waals surface area contributed by atoms with Crippen LogP contribution >= 0.6 is 11.3 Å². The van der Waals surface area contributed by atoms with E-state index in [-0.39, 0.29) is 18.0 Å². The summed E-state index contributed by atoms with van der Waals surface area (Å²) < 4.78 is 6.96. The monoisotopic (exact) mass is 350 g/mol. The normalized spacial score (nSPS) is 16.7. The Labute approximate surface area is 142 Å². The molecule has 1 aliphatic heterocycles. The van der Waals surface area contributed by atoms with E-state index in [2.05, 4.69) is 15.4 Å². The summed E-state index contributed by atoms with van der Waals surface area (Å²) in [6.45, 7) is 0.872. The lowest BCUT2D eigenvalue weighted by molar-refractivity contribution is -0.139. The van der Waals surface area contributed by atoms with Crippen LogP contribution in [0, 0.1) is 0 Å². The number of amides is 1. The van der Waals surface area contributed by atoms with E-state index in [1.807, 2.05) is 13.2 Å². The molecule has 0 atom stereocenters. The number of thiazole rings is 1. The first kappa shape index (κ1) is 16.6. The molecule has 0 saturated carbocycles. The number of carbonyl (C=O) groups is 2. The first-order valence-corrected chi connectivity index (χ1v) is 8.42. The van der Waals surface area contributed by atoms with Crippen molar-refractivity contribution >= 4 is 23.2 Å². The predicted molar refractivity (Wildman–Crippen MR) is 86.8 cm³/mol. The number of nitrogens with zero attached hydrogens (tertiary/aromatic N) is 3. The molecular weight excluding hydrogens is 332 g/mol. The van der Waals surface area contributed by atoms with Gasteiger partial charge in [-0.3, -0.25) is 14.3 Å². The van der Waals surface area contributed by atoms with E-state index in [1.54, 1.807) is 16.3 Å². The van der Waals surface area contributed by atoms with E-state index in [1.165, 1.54) is 11.3 Å². The Hall–Kier alpha value is -2.26. The Kier molecular flexibility index (Phi) is 4.63. The van der Waals surface area contributed by atoms with Crippen LogP contribution in [-0.2, 0) is 16.6 Å². The molecule has 24 heavy (non-hydrogen) atoms. The lowest BCUT2D eigenvalue weighted by Crippen LogP contribution is -2.53. The fraction of sp³-hybridized carbons (Fsp3) is 0.467. The second-order valence-electron chi connectivity index (χ2n) is 5.86. The number of ether oxygens (including phenoxy) is 1. The van der Waals surface area contributed by atoms with Gasteiger partial charge in [-0.2, -0.15) is 5.10 Å². The fourth-order valence-corrected chi connectivity index (χ4v) is 3.52. The van der Waals surface area contributed by atoms with Crippen molar-refractivity contribution < 1.29 is 19.4 Å². The first-order chi connectivity index (χ1) is 11.5. The highest BCUT2D eigenvalue weighted by atomic mass is 32.1. The number of carboxylic acid groups (broad SMARTS) is 1. The third-order valence-corrected chi connectivity index (χ3v) is 4.90. The molecule has 0 aliphatic carbocycles. The number of aliphatic carboxylic acids is 1. The summed E-state index contributed by atoms with van der Waals surface area (Å²) in [4.78, 5) is 28.0. The van der Waals surface area contributed by atoms with Gasteiger partial charge in [-0.1, -0.05) is 0 Å². The number of hydrogen-bond acceptors (Lipinski definition) is 6. The Bertz CT molecular complexity index is 748. The van der Waals surface area contributed by atoms with E-state index in [0.717, 1.165) is 5.56 Å².